The van der Waals surface area contributed by atoms with Crippen molar-refractivity contribution in [2.24, 2.45) is 11.1 Å². The monoisotopic (exact) mass is 460 g/mol. The van der Waals surface area contributed by atoms with Gasteiger partial charge in [-0.15, -0.1) is 11.8 Å². The molecule has 1 aromatic rings. The molecule has 9 nitrogen and oxygen atoms in total. The summed E-state index contributed by atoms with van der Waals surface area (Å²) < 4.78 is 6.36. The fraction of sp³-hybridized carbons (Fsp3) is 0.545. The molecular formula is C22H28N4O5S. The predicted molar refractivity (Wildman–Crippen MR) is 119 cm³/mol. The molecule has 0 aromatic heterocycles. The van der Waals surface area contributed by atoms with Crippen molar-refractivity contribution in [3.63, 3.8) is 0 Å². The number of nitrogens with zero attached hydrogens (tertiary/aromatic N) is 3. The van der Waals surface area contributed by atoms with E-state index in [1.54, 1.807) is 23.9 Å². The van der Waals surface area contributed by atoms with Gasteiger partial charge in [0.05, 0.1) is 31.1 Å². The van der Waals surface area contributed by atoms with E-state index in [-0.39, 0.29) is 29.2 Å². The third kappa shape index (κ3) is 4.15. The molecule has 2 fully saturated rings. The van der Waals surface area contributed by atoms with E-state index in [1.807, 2.05) is 24.3 Å². The maximum Gasteiger partial charge on any atom is 0.238 e. The molecule has 172 valence electrons. The lowest BCUT2D eigenvalue weighted by molar-refractivity contribution is -0.157. The van der Waals surface area contributed by atoms with E-state index in [0.717, 1.165) is 5.56 Å². The number of fused-ring (bicyclic) bond motifs is 1. The van der Waals surface area contributed by atoms with Crippen LogP contribution in [0.15, 0.2) is 24.3 Å². The van der Waals surface area contributed by atoms with Gasteiger partial charge in [0.25, 0.3) is 0 Å². The maximum atomic E-state index is 13.5. The van der Waals surface area contributed by atoms with E-state index >= 15 is 0 Å². The van der Waals surface area contributed by atoms with Crippen LogP contribution < -0.4 is 10.5 Å². The summed E-state index contributed by atoms with van der Waals surface area (Å²) in [4.78, 5) is 54.5. The molecule has 1 spiro atoms. The molecule has 1 saturated heterocycles. The standard InChI is InChI=1S/C22H28N4O5S/c1-24(2)19(29)22(7-8-22)20(30)25-9-15-5-3-4-6-16(15)31-21(12-25)13-26(14-21)18(28)11-32-10-17(23)27/h3-6H,7-14H2,1-2H3,(H2,23,27). The highest BCUT2D eigenvalue weighted by atomic mass is 32.2. The zero-order chi connectivity index (χ0) is 23.1. The number of para-hydroxylation sites is 1. The quantitative estimate of drug-likeness (QED) is 0.602. The van der Waals surface area contributed by atoms with Gasteiger partial charge in [0, 0.05) is 26.2 Å². The first-order valence-corrected chi connectivity index (χ1v) is 11.7. The van der Waals surface area contributed by atoms with E-state index < -0.39 is 16.9 Å². The van der Waals surface area contributed by atoms with Gasteiger partial charge in [0.1, 0.15) is 11.2 Å². The van der Waals surface area contributed by atoms with Crippen molar-refractivity contribution in [1.29, 1.82) is 0 Å². The Morgan fingerprint density at radius 3 is 2.34 bits per heavy atom. The number of carbonyl (C=O) groups is 4. The minimum Gasteiger partial charge on any atom is -0.481 e. The van der Waals surface area contributed by atoms with Crippen LogP contribution in [0.1, 0.15) is 18.4 Å². The van der Waals surface area contributed by atoms with Crippen LogP contribution in [0.5, 0.6) is 5.75 Å². The van der Waals surface area contributed by atoms with Crippen molar-refractivity contribution in [2.45, 2.75) is 25.0 Å². The smallest absolute Gasteiger partial charge is 0.238 e. The first-order chi connectivity index (χ1) is 15.2. The average molecular weight is 461 g/mol. The molecule has 2 N–H and O–H groups in total. The summed E-state index contributed by atoms with van der Waals surface area (Å²) >= 11 is 1.18. The molecule has 4 amide bonds. The number of likely N-dealkylation sites (tertiary alicyclic amines) is 1. The third-order valence-corrected chi connectivity index (χ3v) is 7.12. The molecule has 32 heavy (non-hydrogen) atoms. The highest BCUT2D eigenvalue weighted by Gasteiger charge is 2.60. The maximum absolute atomic E-state index is 13.5. The van der Waals surface area contributed by atoms with E-state index in [1.165, 1.54) is 16.7 Å². The Hall–Kier alpha value is -2.75. The SMILES string of the molecule is CN(C)C(=O)C1(C(=O)N2Cc3ccccc3OC3(CN(C(=O)CSCC(N)=O)C3)C2)CC1. The summed E-state index contributed by atoms with van der Waals surface area (Å²) in [7, 11) is 3.34. The molecule has 1 saturated carbocycles. The minimum absolute atomic E-state index is 0.0951. The number of hydrogen-bond acceptors (Lipinski definition) is 6. The van der Waals surface area contributed by atoms with Crippen LogP contribution in [0.4, 0.5) is 0 Å². The Morgan fingerprint density at radius 1 is 1.06 bits per heavy atom. The lowest BCUT2D eigenvalue weighted by Gasteiger charge is -2.50. The van der Waals surface area contributed by atoms with Crippen LogP contribution >= 0.6 is 11.8 Å². The second-order valence-corrected chi connectivity index (χ2v) is 10.0. The van der Waals surface area contributed by atoms with E-state index in [2.05, 4.69) is 0 Å². The van der Waals surface area contributed by atoms with Gasteiger partial charge in [-0.05, 0) is 18.9 Å². The van der Waals surface area contributed by atoms with E-state index in [9.17, 15) is 19.2 Å². The Kier molecular flexibility index (Phi) is 5.83. The number of amides is 4. The van der Waals surface area contributed by atoms with Gasteiger partial charge in [0.2, 0.25) is 23.6 Å². The number of rotatable bonds is 6. The van der Waals surface area contributed by atoms with Crippen LogP contribution in [0.3, 0.4) is 0 Å². The van der Waals surface area contributed by atoms with E-state index in [0.29, 0.717) is 44.8 Å². The summed E-state index contributed by atoms with van der Waals surface area (Å²) in [5.41, 5.74) is 4.32. The van der Waals surface area contributed by atoms with Gasteiger partial charge in [-0.25, -0.2) is 0 Å². The molecule has 2 heterocycles. The first kappa shape index (κ1) is 22.4. The average Bonchev–Trinajstić information content (AvgIpc) is 3.53. The number of primary amides is 1. The van der Waals surface area contributed by atoms with Gasteiger partial charge in [-0.3, -0.25) is 19.2 Å². The van der Waals surface area contributed by atoms with Crippen molar-refractivity contribution >= 4 is 35.4 Å². The number of nitrogens with two attached hydrogens (primary N) is 1. The van der Waals surface area contributed by atoms with Gasteiger partial charge < -0.3 is 25.2 Å². The molecule has 1 aliphatic carbocycles. The normalized spacial score (nSPS) is 19.8. The van der Waals surface area contributed by atoms with Crippen LogP contribution in [0, 0.1) is 5.41 Å². The lowest BCUT2D eigenvalue weighted by Crippen LogP contribution is -2.70. The van der Waals surface area contributed by atoms with Gasteiger partial charge in [0.15, 0.2) is 5.60 Å². The van der Waals surface area contributed by atoms with Crippen LogP contribution in [-0.4, -0.2) is 89.2 Å². The summed E-state index contributed by atoms with van der Waals surface area (Å²) in [6.45, 7) is 1.36. The number of ether oxygens (including phenoxy) is 1. The summed E-state index contributed by atoms with van der Waals surface area (Å²) in [6.07, 6.45) is 1.10. The summed E-state index contributed by atoms with van der Waals surface area (Å²) in [5, 5.41) is 0. The Morgan fingerprint density at radius 2 is 1.72 bits per heavy atom. The topological polar surface area (TPSA) is 113 Å². The zero-order valence-corrected chi connectivity index (χ0v) is 19.2. The summed E-state index contributed by atoms with van der Waals surface area (Å²) in [5.74, 6) is 0.0769. The minimum atomic E-state index is -0.978. The van der Waals surface area contributed by atoms with Crippen molar-refractivity contribution in [3.8, 4) is 5.75 Å². The fourth-order valence-electron chi connectivity index (χ4n) is 4.45. The zero-order valence-electron chi connectivity index (χ0n) is 18.3. The van der Waals surface area contributed by atoms with Crippen LogP contribution in [-0.2, 0) is 25.7 Å². The second kappa shape index (κ2) is 8.31. The van der Waals surface area contributed by atoms with Crippen molar-refractivity contribution in [1.82, 2.24) is 14.7 Å². The van der Waals surface area contributed by atoms with E-state index in [4.69, 9.17) is 10.5 Å². The molecule has 10 heteroatoms. The lowest BCUT2D eigenvalue weighted by atomic mass is 9.92. The molecule has 3 aliphatic rings. The van der Waals surface area contributed by atoms with Gasteiger partial charge in [-0.2, -0.15) is 0 Å². The Bertz CT molecular complexity index is 955. The van der Waals surface area contributed by atoms with Crippen molar-refractivity contribution in [2.75, 3.05) is 45.2 Å². The molecule has 4 rings (SSSR count). The molecule has 1 aromatic carbocycles. The Balaban J connectivity index is 1.51. The first-order valence-electron chi connectivity index (χ1n) is 10.6. The molecule has 0 unspecified atom stereocenters. The molecule has 0 atom stereocenters. The van der Waals surface area contributed by atoms with Gasteiger partial charge >= 0.3 is 0 Å². The molecular weight excluding hydrogens is 432 g/mol. The molecule has 0 radical (unpaired) electrons. The second-order valence-electron chi connectivity index (χ2n) is 9.04. The highest BCUT2D eigenvalue weighted by molar-refractivity contribution is 8.00. The number of carbonyl (C=O) groups excluding carboxylic acids is 4. The van der Waals surface area contributed by atoms with Crippen LogP contribution in [0.2, 0.25) is 0 Å². The highest BCUT2D eigenvalue weighted by Crippen LogP contribution is 2.49. The number of hydrogen-bond donors (Lipinski definition) is 1. The largest absolute Gasteiger partial charge is 0.481 e. The summed E-state index contributed by atoms with van der Waals surface area (Å²) in [6, 6.07) is 7.57. The fourth-order valence-corrected chi connectivity index (χ4v) is 5.11. The van der Waals surface area contributed by atoms with Gasteiger partial charge in [-0.1, -0.05) is 18.2 Å². The molecule has 0 bridgehead atoms. The third-order valence-electron chi connectivity index (χ3n) is 6.18. The number of thioether (sulfide) groups is 1. The predicted octanol–water partition coefficient (Wildman–Crippen LogP) is 0.0755. The van der Waals surface area contributed by atoms with Crippen molar-refractivity contribution in [3.05, 3.63) is 29.8 Å². The number of benzene rings is 1. The molecule has 2 aliphatic heterocycles. The Labute approximate surface area is 191 Å². The van der Waals surface area contributed by atoms with Crippen LogP contribution in [0.25, 0.3) is 0 Å². The van der Waals surface area contributed by atoms with Crippen molar-refractivity contribution < 1.29 is 23.9 Å².